The summed E-state index contributed by atoms with van der Waals surface area (Å²) < 4.78 is 5.31. The molecule has 102 valence electrons. The predicted molar refractivity (Wildman–Crippen MR) is 71.3 cm³/mol. The zero-order valence-corrected chi connectivity index (χ0v) is 10.5. The van der Waals surface area contributed by atoms with E-state index in [0.29, 0.717) is 11.4 Å². The number of rotatable bonds is 5. The van der Waals surface area contributed by atoms with Crippen LogP contribution in [0.1, 0.15) is 19.3 Å². The number of oxime groups is 1. The van der Waals surface area contributed by atoms with Crippen molar-refractivity contribution in [3.63, 3.8) is 0 Å². The fraction of sp³-hybridized carbons (Fsp3) is 0.385. The Kier molecular flexibility index (Phi) is 4.22. The van der Waals surface area contributed by atoms with E-state index in [1.54, 1.807) is 24.3 Å². The van der Waals surface area contributed by atoms with Crippen LogP contribution in [0.2, 0.25) is 0 Å². The summed E-state index contributed by atoms with van der Waals surface area (Å²) in [6.07, 6.45) is 3.05. The maximum atomic E-state index is 11.8. The molecule has 0 atom stereocenters. The smallest absolute Gasteiger partial charge is 0.227 e. The van der Waals surface area contributed by atoms with Gasteiger partial charge in [-0.15, -0.1) is 0 Å². The van der Waals surface area contributed by atoms with Gasteiger partial charge in [0.2, 0.25) is 5.91 Å². The third kappa shape index (κ3) is 3.61. The van der Waals surface area contributed by atoms with E-state index in [1.807, 2.05) is 0 Å². The van der Waals surface area contributed by atoms with Crippen molar-refractivity contribution >= 4 is 17.4 Å². The Morgan fingerprint density at radius 2 is 2.32 bits per heavy atom. The number of carbonyl (C=O) groups excluding carboxylic acids is 1. The molecule has 0 saturated heterocycles. The molecule has 0 radical (unpaired) electrons. The standard InChI is InChI=1S/C13H17N3O3/c14-12(16-18)8-19-11-6-2-5-10(7-11)15-13(17)9-3-1-4-9/h2,5-7,9,18H,1,3-4,8H2,(H2,14,16)(H,15,17). The van der Waals surface area contributed by atoms with Gasteiger partial charge in [0.15, 0.2) is 5.84 Å². The quantitative estimate of drug-likeness (QED) is 0.325. The number of hydrogen-bond donors (Lipinski definition) is 3. The lowest BCUT2D eigenvalue weighted by Gasteiger charge is -2.24. The van der Waals surface area contributed by atoms with Crippen LogP contribution in [-0.4, -0.2) is 23.6 Å². The Morgan fingerprint density at radius 1 is 1.53 bits per heavy atom. The highest BCUT2D eigenvalue weighted by molar-refractivity contribution is 5.93. The second-order valence-corrected chi connectivity index (χ2v) is 4.52. The van der Waals surface area contributed by atoms with Crippen LogP contribution in [0.25, 0.3) is 0 Å². The first-order chi connectivity index (χ1) is 9.19. The van der Waals surface area contributed by atoms with Crippen LogP contribution in [0, 0.1) is 5.92 Å². The summed E-state index contributed by atoms with van der Waals surface area (Å²) in [6.45, 7) is -0.00345. The Labute approximate surface area is 111 Å². The van der Waals surface area contributed by atoms with Crippen molar-refractivity contribution in [2.24, 2.45) is 16.8 Å². The molecule has 1 fully saturated rings. The highest BCUT2D eigenvalue weighted by Crippen LogP contribution is 2.28. The SMILES string of the molecule is N/C(COc1cccc(NC(=O)C2CCC2)c1)=N\O. The van der Waals surface area contributed by atoms with E-state index in [1.165, 1.54) is 0 Å². The van der Waals surface area contributed by atoms with E-state index >= 15 is 0 Å². The van der Waals surface area contributed by atoms with Crippen molar-refractivity contribution in [2.45, 2.75) is 19.3 Å². The van der Waals surface area contributed by atoms with E-state index in [9.17, 15) is 4.79 Å². The molecule has 6 nitrogen and oxygen atoms in total. The fourth-order valence-corrected chi connectivity index (χ4v) is 1.76. The molecule has 1 aliphatic carbocycles. The number of ether oxygens (including phenoxy) is 1. The second-order valence-electron chi connectivity index (χ2n) is 4.52. The van der Waals surface area contributed by atoms with Crippen LogP contribution < -0.4 is 15.8 Å². The van der Waals surface area contributed by atoms with Crippen LogP contribution in [0.15, 0.2) is 29.4 Å². The summed E-state index contributed by atoms with van der Waals surface area (Å²) in [5.74, 6) is 0.739. The third-order valence-corrected chi connectivity index (χ3v) is 3.09. The molecule has 6 heteroatoms. The molecule has 0 heterocycles. The zero-order chi connectivity index (χ0) is 13.7. The molecular weight excluding hydrogens is 246 g/mol. The minimum Gasteiger partial charge on any atom is -0.485 e. The van der Waals surface area contributed by atoms with Gasteiger partial charge in [-0.2, -0.15) is 0 Å². The molecule has 0 bridgehead atoms. The highest BCUT2D eigenvalue weighted by atomic mass is 16.5. The largest absolute Gasteiger partial charge is 0.485 e. The van der Waals surface area contributed by atoms with Gasteiger partial charge < -0.3 is 21.0 Å². The number of amidine groups is 1. The molecular formula is C13H17N3O3. The lowest BCUT2D eigenvalue weighted by atomic mass is 9.85. The van der Waals surface area contributed by atoms with Crippen molar-refractivity contribution in [1.82, 2.24) is 0 Å². The molecule has 1 saturated carbocycles. The van der Waals surface area contributed by atoms with Crippen LogP contribution in [-0.2, 0) is 4.79 Å². The average molecular weight is 263 g/mol. The van der Waals surface area contributed by atoms with Gasteiger partial charge in [-0.1, -0.05) is 17.6 Å². The minimum atomic E-state index is -0.0103. The molecule has 0 aliphatic heterocycles. The molecule has 2 rings (SSSR count). The highest BCUT2D eigenvalue weighted by Gasteiger charge is 2.25. The molecule has 0 aromatic heterocycles. The van der Waals surface area contributed by atoms with Crippen molar-refractivity contribution in [2.75, 3.05) is 11.9 Å². The minimum absolute atomic E-state index is 0.00345. The summed E-state index contributed by atoms with van der Waals surface area (Å²) in [6, 6.07) is 7.02. The third-order valence-electron chi connectivity index (χ3n) is 3.09. The van der Waals surface area contributed by atoms with Crippen LogP contribution >= 0.6 is 0 Å². The Balaban J connectivity index is 1.92. The first-order valence-electron chi connectivity index (χ1n) is 6.19. The second kappa shape index (κ2) is 6.08. The summed E-state index contributed by atoms with van der Waals surface area (Å²) in [5, 5.41) is 14.1. The van der Waals surface area contributed by atoms with Crippen molar-refractivity contribution in [3.8, 4) is 5.75 Å². The summed E-state index contributed by atoms with van der Waals surface area (Å²) in [4.78, 5) is 11.8. The van der Waals surface area contributed by atoms with E-state index in [4.69, 9.17) is 15.7 Å². The van der Waals surface area contributed by atoms with Crippen LogP contribution in [0.5, 0.6) is 5.75 Å². The van der Waals surface area contributed by atoms with Gasteiger partial charge in [0.1, 0.15) is 12.4 Å². The summed E-state index contributed by atoms with van der Waals surface area (Å²) >= 11 is 0. The number of benzene rings is 1. The normalized spacial score (nSPS) is 15.7. The number of amides is 1. The summed E-state index contributed by atoms with van der Waals surface area (Å²) in [7, 11) is 0. The van der Waals surface area contributed by atoms with Gasteiger partial charge >= 0.3 is 0 Å². The van der Waals surface area contributed by atoms with Gasteiger partial charge in [0.25, 0.3) is 0 Å². The number of carbonyl (C=O) groups is 1. The van der Waals surface area contributed by atoms with Crippen LogP contribution in [0.4, 0.5) is 5.69 Å². The summed E-state index contributed by atoms with van der Waals surface area (Å²) in [5.41, 5.74) is 6.00. The maximum Gasteiger partial charge on any atom is 0.227 e. The molecule has 0 unspecified atom stereocenters. The van der Waals surface area contributed by atoms with Crippen molar-refractivity contribution in [3.05, 3.63) is 24.3 Å². The lowest BCUT2D eigenvalue weighted by Crippen LogP contribution is -2.28. The van der Waals surface area contributed by atoms with Gasteiger partial charge in [-0.25, -0.2) is 0 Å². The van der Waals surface area contributed by atoms with Gasteiger partial charge in [0.05, 0.1) is 0 Å². The number of nitrogens with two attached hydrogens (primary N) is 1. The van der Waals surface area contributed by atoms with Gasteiger partial charge in [-0.05, 0) is 25.0 Å². The maximum absolute atomic E-state index is 11.8. The molecule has 1 aliphatic rings. The van der Waals surface area contributed by atoms with Crippen LogP contribution in [0.3, 0.4) is 0 Å². The monoisotopic (exact) mass is 263 g/mol. The Morgan fingerprint density at radius 3 is 2.95 bits per heavy atom. The topological polar surface area (TPSA) is 96.9 Å². The van der Waals surface area contributed by atoms with E-state index in [2.05, 4.69) is 10.5 Å². The lowest BCUT2D eigenvalue weighted by molar-refractivity contribution is -0.122. The Bertz CT molecular complexity index is 484. The number of nitrogens with one attached hydrogen (secondary N) is 1. The first kappa shape index (κ1) is 13.2. The zero-order valence-electron chi connectivity index (χ0n) is 10.5. The molecule has 19 heavy (non-hydrogen) atoms. The van der Waals surface area contributed by atoms with E-state index < -0.39 is 0 Å². The fourth-order valence-electron chi connectivity index (χ4n) is 1.76. The molecule has 1 aromatic carbocycles. The number of anilines is 1. The first-order valence-corrected chi connectivity index (χ1v) is 6.19. The van der Waals surface area contributed by atoms with Gasteiger partial charge in [-0.3, -0.25) is 4.79 Å². The average Bonchev–Trinajstić information content (AvgIpc) is 2.34. The van der Waals surface area contributed by atoms with E-state index in [0.717, 1.165) is 19.3 Å². The molecule has 1 aromatic rings. The Hall–Kier alpha value is -2.24. The van der Waals surface area contributed by atoms with Crippen molar-refractivity contribution < 1.29 is 14.7 Å². The molecule has 4 N–H and O–H groups in total. The predicted octanol–water partition coefficient (Wildman–Crippen LogP) is 1.55. The van der Waals surface area contributed by atoms with Gasteiger partial charge in [0, 0.05) is 17.7 Å². The molecule has 1 amide bonds. The number of hydrogen-bond acceptors (Lipinski definition) is 4. The molecule has 0 spiro atoms. The van der Waals surface area contributed by atoms with E-state index in [-0.39, 0.29) is 24.3 Å². The number of nitrogens with zero attached hydrogens (tertiary/aromatic N) is 1. The van der Waals surface area contributed by atoms with Crippen molar-refractivity contribution in [1.29, 1.82) is 0 Å².